The maximum Gasteiger partial charge on any atom is 0.247 e. The Balaban J connectivity index is 0.00000280. The van der Waals surface area contributed by atoms with Gasteiger partial charge >= 0.3 is 0 Å². The van der Waals surface area contributed by atoms with E-state index in [9.17, 15) is 9.59 Å². The average molecular weight is 402 g/mol. The fraction of sp³-hybridized carbons (Fsp3) is 0.364. The molecule has 4 N–H and O–H groups in total. The molecule has 0 heterocycles. The van der Waals surface area contributed by atoms with Crippen molar-refractivity contribution in [1.29, 1.82) is 0 Å². The monoisotopic (exact) mass is 401 g/mol. The SMILES string of the molecule is Cl.NC[C@H]1CCC[C@H]1C(=O)NC(Cc1ccccc1)C(=O)Nc1ccccc1. The summed E-state index contributed by atoms with van der Waals surface area (Å²) in [7, 11) is 0. The van der Waals surface area contributed by atoms with E-state index < -0.39 is 6.04 Å². The number of hydrogen-bond acceptors (Lipinski definition) is 3. The van der Waals surface area contributed by atoms with Gasteiger partial charge in [-0.25, -0.2) is 0 Å². The van der Waals surface area contributed by atoms with Gasteiger partial charge in [-0.3, -0.25) is 9.59 Å². The summed E-state index contributed by atoms with van der Waals surface area (Å²) in [5, 5.41) is 5.89. The Hall–Kier alpha value is -2.37. The normalized spacial score (nSPS) is 19.3. The molecule has 0 aliphatic heterocycles. The summed E-state index contributed by atoms with van der Waals surface area (Å²) >= 11 is 0. The summed E-state index contributed by atoms with van der Waals surface area (Å²) in [6.45, 7) is 0.512. The first-order chi connectivity index (χ1) is 13.2. The molecule has 0 spiro atoms. The molecule has 0 saturated heterocycles. The van der Waals surface area contributed by atoms with Gasteiger partial charge in [0.15, 0.2) is 0 Å². The number of halogens is 1. The molecule has 0 aromatic heterocycles. The Labute approximate surface area is 172 Å². The highest BCUT2D eigenvalue weighted by Crippen LogP contribution is 2.31. The van der Waals surface area contributed by atoms with Crippen molar-refractivity contribution in [2.45, 2.75) is 31.7 Å². The predicted octanol–water partition coefficient (Wildman–Crippen LogP) is 3.15. The van der Waals surface area contributed by atoms with Gasteiger partial charge in [0.2, 0.25) is 11.8 Å². The van der Waals surface area contributed by atoms with Crippen molar-refractivity contribution < 1.29 is 9.59 Å². The molecule has 3 rings (SSSR count). The first-order valence-corrected chi connectivity index (χ1v) is 9.57. The molecule has 1 unspecified atom stereocenters. The van der Waals surface area contributed by atoms with E-state index >= 15 is 0 Å². The fourth-order valence-corrected chi connectivity index (χ4v) is 3.75. The molecule has 1 aliphatic rings. The van der Waals surface area contributed by atoms with E-state index in [1.54, 1.807) is 0 Å². The van der Waals surface area contributed by atoms with Crippen LogP contribution in [0.15, 0.2) is 60.7 Å². The second-order valence-corrected chi connectivity index (χ2v) is 7.14. The lowest BCUT2D eigenvalue weighted by molar-refractivity contribution is -0.130. The Morgan fingerprint density at radius 2 is 1.64 bits per heavy atom. The van der Waals surface area contributed by atoms with Crippen molar-refractivity contribution in [3.63, 3.8) is 0 Å². The maximum absolute atomic E-state index is 12.9. The fourth-order valence-electron chi connectivity index (χ4n) is 3.75. The van der Waals surface area contributed by atoms with E-state index in [1.807, 2.05) is 60.7 Å². The predicted molar refractivity (Wildman–Crippen MR) is 114 cm³/mol. The average Bonchev–Trinajstić information content (AvgIpc) is 3.18. The summed E-state index contributed by atoms with van der Waals surface area (Å²) in [4.78, 5) is 25.7. The van der Waals surface area contributed by atoms with Crippen molar-refractivity contribution in [2.75, 3.05) is 11.9 Å². The third-order valence-corrected chi connectivity index (χ3v) is 5.26. The van der Waals surface area contributed by atoms with Crippen molar-refractivity contribution in [2.24, 2.45) is 17.6 Å². The molecule has 150 valence electrons. The molecule has 28 heavy (non-hydrogen) atoms. The molecule has 0 bridgehead atoms. The zero-order chi connectivity index (χ0) is 19.1. The molecule has 1 aliphatic carbocycles. The molecule has 1 saturated carbocycles. The van der Waals surface area contributed by atoms with Crippen LogP contribution in [0.3, 0.4) is 0 Å². The lowest BCUT2D eigenvalue weighted by atomic mass is 9.94. The van der Waals surface area contributed by atoms with Gasteiger partial charge in [-0.2, -0.15) is 0 Å². The van der Waals surface area contributed by atoms with Gasteiger partial charge in [-0.15, -0.1) is 12.4 Å². The minimum absolute atomic E-state index is 0. The van der Waals surface area contributed by atoms with Gasteiger partial charge in [-0.1, -0.05) is 55.0 Å². The summed E-state index contributed by atoms with van der Waals surface area (Å²) in [5.74, 6) is -0.162. The van der Waals surface area contributed by atoms with Crippen LogP contribution in [0.25, 0.3) is 0 Å². The van der Waals surface area contributed by atoms with E-state index in [0.29, 0.717) is 13.0 Å². The number of para-hydroxylation sites is 1. The molecule has 6 heteroatoms. The smallest absolute Gasteiger partial charge is 0.247 e. The first kappa shape index (κ1) is 21.9. The number of benzene rings is 2. The van der Waals surface area contributed by atoms with Crippen LogP contribution in [0.2, 0.25) is 0 Å². The molecule has 5 nitrogen and oxygen atoms in total. The third-order valence-electron chi connectivity index (χ3n) is 5.26. The summed E-state index contributed by atoms with van der Waals surface area (Å²) in [6, 6.07) is 18.4. The van der Waals surface area contributed by atoms with Crippen LogP contribution in [0, 0.1) is 11.8 Å². The molecule has 1 fully saturated rings. The lowest BCUT2D eigenvalue weighted by Gasteiger charge is -2.23. The van der Waals surface area contributed by atoms with Crippen LogP contribution in [0.5, 0.6) is 0 Å². The molecule has 2 aromatic carbocycles. The number of amides is 2. The number of anilines is 1. The van der Waals surface area contributed by atoms with Crippen molar-refractivity contribution in [3.05, 3.63) is 66.2 Å². The van der Waals surface area contributed by atoms with Gasteiger partial charge in [0.1, 0.15) is 6.04 Å². The number of nitrogens with one attached hydrogen (secondary N) is 2. The van der Waals surface area contributed by atoms with Gasteiger partial charge in [0.05, 0.1) is 0 Å². The largest absolute Gasteiger partial charge is 0.344 e. The summed E-state index contributed by atoms with van der Waals surface area (Å²) in [5.41, 5.74) is 7.54. The van der Waals surface area contributed by atoms with E-state index in [4.69, 9.17) is 5.73 Å². The minimum Gasteiger partial charge on any atom is -0.344 e. The van der Waals surface area contributed by atoms with Crippen molar-refractivity contribution in [1.82, 2.24) is 5.32 Å². The van der Waals surface area contributed by atoms with Crippen LogP contribution in [0.1, 0.15) is 24.8 Å². The van der Waals surface area contributed by atoms with Gasteiger partial charge in [0.25, 0.3) is 0 Å². The van der Waals surface area contributed by atoms with Crippen LogP contribution in [-0.4, -0.2) is 24.4 Å². The zero-order valence-electron chi connectivity index (χ0n) is 15.8. The summed E-state index contributed by atoms with van der Waals surface area (Å²) in [6.07, 6.45) is 3.28. The highest BCUT2D eigenvalue weighted by Gasteiger charge is 2.34. The van der Waals surface area contributed by atoms with Gasteiger partial charge in [0, 0.05) is 18.0 Å². The van der Waals surface area contributed by atoms with Crippen LogP contribution >= 0.6 is 12.4 Å². The van der Waals surface area contributed by atoms with E-state index in [1.165, 1.54) is 0 Å². The number of hydrogen-bond donors (Lipinski definition) is 3. The quantitative estimate of drug-likeness (QED) is 0.666. The highest BCUT2D eigenvalue weighted by molar-refractivity contribution is 5.97. The number of nitrogens with two attached hydrogens (primary N) is 1. The molecule has 2 amide bonds. The Bertz CT molecular complexity index is 755. The Morgan fingerprint density at radius 1 is 1.00 bits per heavy atom. The minimum atomic E-state index is -0.626. The molecular weight excluding hydrogens is 374 g/mol. The first-order valence-electron chi connectivity index (χ1n) is 9.57. The van der Waals surface area contributed by atoms with Crippen LogP contribution in [0.4, 0.5) is 5.69 Å². The van der Waals surface area contributed by atoms with Crippen LogP contribution in [-0.2, 0) is 16.0 Å². The second-order valence-electron chi connectivity index (χ2n) is 7.14. The molecule has 2 aromatic rings. The second kappa shape index (κ2) is 10.8. The molecule has 0 radical (unpaired) electrons. The standard InChI is InChI=1S/C22H27N3O2.ClH/c23-15-17-10-7-13-19(17)21(26)25-20(14-16-8-3-1-4-9-16)22(27)24-18-11-5-2-6-12-18;/h1-6,8-9,11-12,17,19-20H,7,10,13-15,23H2,(H,24,27)(H,25,26);1H/t17-,19-,20?;/m1./s1. The molecular formula is C22H28ClN3O2. The zero-order valence-corrected chi connectivity index (χ0v) is 16.7. The van der Waals surface area contributed by atoms with Crippen molar-refractivity contribution >= 4 is 29.9 Å². The summed E-state index contributed by atoms with van der Waals surface area (Å²) < 4.78 is 0. The maximum atomic E-state index is 12.9. The van der Waals surface area contributed by atoms with Gasteiger partial charge < -0.3 is 16.4 Å². The lowest BCUT2D eigenvalue weighted by Crippen LogP contribution is -2.48. The van der Waals surface area contributed by atoms with Crippen molar-refractivity contribution in [3.8, 4) is 0 Å². The number of carbonyl (C=O) groups is 2. The van der Waals surface area contributed by atoms with Gasteiger partial charge in [-0.05, 0) is 43.0 Å². The Morgan fingerprint density at radius 3 is 2.29 bits per heavy atom. The number of rotatable bonds is 7. The topological polar surface area (TPSA) is 84.2 Å². The third kappa shape index (κ3) is 5.81. The number of carbonyl (C=O) groups excluding carboxylic acids is 2. The van der Waals surface area contributed by atoms with E-state index in [2.05, 4.69) is 10.6 Å². The Kier molecular flexibility index (Phi) is 8.48. The van der Waals surface area contributed by atoms with E-state index in [0.717, 1.165) is 30.5 Å². The van der Waals surface area contributed by atoms with E-state index in [-0.39, 0.29) is 36.1 Å². The highest BCUT2D eigenvalue weighted by atomic mass is 35.5. The molecule has 3 atom stereocenters. The van der Waals surface area contributed by atoms with Crippen LogP contribution < -0.4 is 16.4 Å².